The molecule has 3 aromatic rings. The third-order valence-electron chi connectivity index (χ3n) is 5.41. The van der Waals surface area contributed by atoms with Crippen LogP contribution in [0.4, 0.5) is 0 Å². The fourth-order valence-corrected chi connectivity index (χ4v) is 3.27. The van der Waals surface area contributed by atoms with E-state index >= 15 is 0 Å². The molecule has 0 fully saturated rings. The lowest BCUT2D eigenvalue weighted by Gasteiger charge is -2.09. The second kappa shape index (κ2) is 16.7. The molecule has 0 spiro atoms. The smallest absolute Gasteiger partial charge is 0.343 e. The Labute approximate surface area is 243 Å². The first kappa shape index (κ1) is 31.2. The summed E-state index contributed by atoms with van der Waals surface area (Å²) in [6, 6.07) is 18.8. The molecule has 0 aliphatic carbocycles. The zero-order valence-corrected chi connectivity index (χ0v) is 22.8. The van der Waals surface area contributed by atoms with Crippen LogP contribution >= 0.6 is 0 Å². The molecular weight excluding hydrogens is 544 g/mol. The van der Waals surface area contributed by atoms with Crippen molar-refractivity contribution in [2.75, 3.05) is 26.4 Å². The Morgan fingerprint density at radius 1 is 0.500 bits per heavy atom. The Hall–Kier alpha value is -5.38. The van der Waals surface area contributed by atoms with E-state index in [0.717, 1.165) is 12.2 Å². The summed E-state index contributed by atoms with van der Waals surface area (Å²) >= 11 is 0. The topological polar surface area (TPSA) is 124 Å². The van der Waals surface area contributed by atoms with Gasteiger partial charge in [0.25, 0.3) is 0 Å². The van der Waals surface area contributed by atoms with Gasteiger partial charge in [-0.15, -0.1) is 0 Å². The Balaban J connectivity index is 1.40. The first-order chi connectivity index (χ1) is 20.4. The average molecular weight is 575 g/mol. The van der Waals surface area contributed by atoms with Gasteiger partial charge in [0.1, 0.15) is 36.2 Å². The summed E-state index contributed by atoms with van der Waals surface area (Å²) in [6.45, 7) is 7.60. The van der Waals surface area contributed by atoms with Crippen molar-refractivity contribution in [1.82, 2.24) is 0 Å². The summed E-state index contributed by atoms with van der Waals surface area (Å²) in [4.78, 5) is 47.0. The molecule has 0 bridgehead atoms. The van der Waals surface area contributed by atoms with Crippen LogP contribution in [0.25, 0.3) is 0 Å². The first-order valence-corrected chi connectivity index (χ1v) is 13.0. The zero-order chi connectivity index (χ0) is 30.2. The maximum absolute atomic E-state index is 12.5. The van der Waals surface area contributed by atoms with Crippen LogP contribution in [0.5, 0.6) is 23.0 Å². The van der Waals surface area contributed by atoms with Crippen molar-refractivity contribution >= 4 is 23.9 Å². The number of esters is 4. The highest BCUT2D eigenvalue weighted by Gasteiger charge is 2.12. The second-order valence-electron chi connectivity index (χ2n) is 8.45. The number of rotatable bonds is 16. The van der Waals surface area contributed by atoms with Crippen LogP contribution in [0.1, 0.15) is 33.6 Å². The van der Waals surface area contributed by atoms with E-state index in [4.69, 9.17) is 28.4 Å². The van der Waals surface area contributed by atoms with Gasteiger partial charge in [0, 0.05) is 12.2 Å². The molecule has 0 aromatic heterocycles. The molecule has 0 heterocycles. The summed E-state index contributed by atoms with van der Waals surface area (Å²) in [5.74, 6) is -0.490. The van der Waals surface area contributed by atoms with Crippen LogP contribution in [0.2, 0.25) is 0 Å². The molecule has 0 atom stereocenters. The van der Waals surface area contributed by atoms with Gasteiger partial charge in [-0.25, -0.2) is 19.2 Å². The second-order valence-corrected chi connectivity index (χ2v) is 8.45. The van der Waals surface area contributed by atoms with Crippen molar-refractivity contribution < 1.29 is 47.6 Å². The Morgan fingerprint density at radius 2 is 0.881 bits per heavy atom. The molecule has 42 heavy (non-hydrogen) atoms. The highest BCUT2D eigenvalue weighted by Crippen LogP contribution is 2.21. The van der Waals surface area contributed by atoms with E-state index in [9.17, 15) is 19.2 Å². The zero-order valence-electron chi connectivity index (χ0n) is 22.8. The molecule has 0 saturated heterocycles. The maximum Gasteiger partial charge on any atom is 0.343 e. The Morgan fingerprint density at radius 3 is 1.33 bits per heavy atom. The highest BCUT2D eigenvalue weighted by atomic mass is 16.6. The van der Waals surface area contributed by atoms with Crippen molar-refractivity contribution in [1.29, 1.82) is 0 Å². The lowest BCUT2D eigenvalue weighted by atomic mass is 10.2. The standard InChI is InChI=1S/C32H30O10/c1-3-29(33)39-20-6-5-19-37-25-11-7-23(8-12-25)31(35)41-27-15-17-28(18-16-27)42-32(36)24-9-13-26(14-10-24)38-21-22-40-30(34)4-2/h3-4,7-18H,1-2,5-6,19-22H2. The largest absolute Gasteiger partial charge is 0.494 e. The van der Waals surface area contributed by atoms with E-state index in [1.807, 2.05) is 0 Å². The first-order valence-electron chi connectivity index (χ1n) is 13.0. The lowest BCUT2D eigenvalue weighted by molar-refractivity contribution is -0.139. The van der Waals surface area contributed by atoms with Crippen LogP contribution in [0.3, 0.4) is 0 Å². The summed E-state index contributed by atoms with van der Waals surface area (Å²) in [7, 11) is 0. The van der Waals surface area contributed by atoms with Crippen LogP contribution in [-0.2, 0) is 19.1 Å². The molecule has 0 radical (unpaired) electrons. The molecule has 0 saturated carbocycles. The van der Waals surface area contributed by atoms with Gasteiger partial charge in [-0.1, -0.05) is 13.2 Å². The van der Waals surface area contributed by atoms with Gasteiger partial charge in [-0.2, -0.15) is 0 Å². The Kier molecular flexibility index (Phi) is 12.4. The number of hydrogen-bond acceptors (Lipinski definition) is 10. The fourth-order valence-electron chi connectivity index (χ4n) is 3.27. The number of unbranched alkanes of at least 4 members (excludes halogenated alkanes) is 1. The quantitative estimate of drug-likeness (QED) is 0.0985. The van der Waals surface area contributed by atoms with E-state index in [1.54, 1.807) is 48.5 Å². The van der Waals surface area contributed by atoms with E-state index in [0.29, 0.717) is 48.7 Å². The number of carbonyl (C=O) groups is 4. The molecule has 3 rings (SSSR count). The van der Waals surface area contributed by atoms with E-state index in [2.05, 4.69) is 13.2 Å². The molecule has 0 aliphatic rings. The third-order valence-corrected chi connectivity index (χ3v) is 5.41. The minimum absolute atomic E-state index is 0.0709. The van der Waals surface area contributed by atoms with Crippen LogP contribution in [0, 0.1) is 0 Å². The van der Waals surface area contributed by atoms with Gasteiger partial charge in [-0.05, 0) is 85.6 Å². The van der Waals surface area contributed by atoms with E-state index in [-0.39, 0.29) is 24.7 Å². The number of benzene rings is 3. The van der Waals surface area contributed by atoms with Crippen molar-refractivity contribution in [3.8, 4) is 23.0 Å². The van der Waals surface area contributed by atoms with Crippen LogP contribution in [-0.4, -0.2) is 50.3 Å². The normalized spacial score (nSPS) is 10.1. The monoisotopic (exact) mass is 574 g/mol. The average Bonchev–Trinajstić information content (AvgIpc) is 3.02. The summed E-state index contributed by atoms with van der Waals surface area (Å²) in [5.41, 5.74) is 0.636. The molecule has 0 aliphatic heterocycles. The van der Waals surface area contributed by atoms with Crippen LogP contribution in [0.15, 0.2) is 98.1 Å². The van der Waals surface area contributed by atoms with Gasteiger partial charge in [0.05, 0.1) is 24.3 Å². The fraction of sp³-hybridized carbons (Fsp3) is 0.188. The van der Waals surface area contributed by atoms with Gasteiger partial charge < -0.3 is 28.4 Å². The lowest BCUT2D eigenvalue weighted by Crippen LogP contribution is -2.11. The number of carbonyl (C=O) groups excluding carboxylic acids is 4. The van der Waals surface area contributed by atoms with Crippen molar-refractivity contribution in [2.45, 2.75) is 12.8 Å². The van der Waals surface area contributed by atoms with Gasteiger partial charge in [0.2, 0.25) is 0 Å². The third kappa shape index (κ3) is 10.6. The molecule has 218 valence electrons. The molecular formula is C32H30O10. The molecule has 0 amide bonds. The predicted molar refractivity (Wildman–Crippen MR) is 152 cm³/mol. The molecule has 10 nitrogen and oxygen atoms in total. The molecule has 0 unspecified atom stereocenters. The summed E-state index contributed by atoms with van der Waals surface area (Å²) < 4.78 is 31.6. The molecule has 10 heteroatoms. The van der Waals surface area contributed by atoms with Crippen molar-refractivity contribution in [3.05, 3.63) is 109 Å². The van der Waals surface area contributed by atoms with E-state index in [1.165, 1.54) is 24.3 Å². The molecule has 3 aromatic carbocycles. The predicted octanol–water partition coefficient (Wildman–Crippen LogP) is 5.12. The van der Waals surface area contributed by atoms with Crippen LogP contribution < -0.4 is 18.9 Å². The number of ether oxygens (including phenoxy) is 6. The van der Waals surface area contributed by atoms with Gasteiger partial charge >= 0.3 is 23.9 Å². The van der Waals surface area contributed by atoms with Crippen molar-refractivity contribution in [2.24, 2.45) is 0 Å². The minimum Gasteiger partial charge on any atom is -0.494 e. The van der Waals surface area contributed by atoms with Crippen molar-refractivity contribution in [3.63, 3.8) is 0 Å². The number of hydrogen-bond donors (Lipinski definition) is 0. The SMILES string of the molecule is C=CC(=O)OCCCCOc1ccc(C(=O)Oc2ccc(OC(=O)c3ccc(OCCOC(=O)C=C)cc3)cc2)cc1. The maximum atomic E-state index is 12.5. The minimum atomic E-state index is -0.579. The molecule has 0 N–H and O–H groups in total. The van der Waals surface area contributed by atoms with Gasteiger partial charge in [0.15, 0.2) is 0 Å². The Bertz CT molecular complexity index is 1360. The highest BCUT2D eigenvalue weighted by molar-refractivity contribution is 5.92. The summed E-state index contributed by atoms with van der Waals surface area (Å²) in [5, 5.41) is 0. The van der Waals surface area contributed by atoms with E-state index < -0.39 is 23.9 Å². The summed E-state index contributed by atoms with van der Waals surface area (Å²) in [6.07, 6.45) is 3.54. The van der Waals surface area contributed by atoms with Gasteiger partial charge in [-0.3, -0.25) is 0 Å².